The number of carbonyl (C=O) groups excluding carboxylic acids is 1. The monoisotopic (exact) mass is 345 g/mol. The molecule has 0 saturated heterocycles. The number of aliphatic hydroxyl groups excluding tert-OH is 1. The fraction of sp³-hybridized carbons (Fsp3) is 0.0714. The van der Waals surface area contributed by atoms with Gasteiger partial charge in [-0.25, -0.2) is 0 Å². The van der Waals surface area contributed by atoms with Gasteiger partial charge < -0.3 is 15.5 Å². The summed E-state index contributed by atoms with van der Waals surface area (Å²) in [7, 11) is 0. The zero-order valence-electron chi connectivity index (χ0n) is 10.5. The molecule has 2 aromatic rings. The fourth-order valence-electron chi connectivity index (χ4n) is 1.68. The number of halogens is 3. The summed E-state index contributed by atoms with van der Waals surface area (Å²) in [6.07, 6.45) is -1.42. The van der Waals surface area contributed by atoms with Crippen LogP contribution in [0.25, 0.3) is 0 Å². The average molecular weight is 347 g/mol. The molecule has 1 atom stereocenters. The van der Waals surface area contributed by atoms with Crippen molar-refractivity contribution in [2.75, 3.05) is 5.32 Å². The quantitative estimate of drug-likeness (QED) is 0.580. The van der Waals surface area contributed by atoms with Gasteiger partial charge in [-0.05, 0) is 11.6 Å². The van der Waals surface area contributed by atoms with Crippen LogP contribution in [0, 0.1) is 0 Å². The number of benzene rings is 2. The molecule has 7 heteroatoms. The highest BCUT2D eigenvalue weighted by Crippen LogP contribution is 2.42. The van der Waals surface area contributed by atoms with E-state index in [2.05, 4.69) is 5.32 Å². The second-order valence-electron chi connectivity index (χ2n) is 4.18. The minimum absolute atomic E-state index is 0.0612. The number of aromatic hydroxyl groups is 1. The van der Waals surface area contributed by atoms with Crippen LogP contribution in [-0.4, -0.2) is 16.1 Å². The smallest absolute Gasteiger partial charge is 0.257 e. The Balaban J connectivity index is 2.29. The normalized spacial score (nSPS) is 12.0. The SMILES string of the molecule is O=C(Nc1c(O)c(Cl)cc(Cl)c1Cl)C(O)c1ccccc1. The summed E-state index contributed by atoms with van der Waals surface area (Å²) >= 11 is 17.5. The van der Waals surface area contributed by atoms with Crippen molar-refractivity contribution in [3.8, 4) is 5.75 Å². The molecule has 0 bridgehead atoms. The maximum atomic E-state index is 12.0. The first-order valence-corrected chi connectivity index (χ1v) is 6.95. The highest BCUT2D eigenvalue weighted by molar-refractivity contribution is 6.46. The molecule has 0 aliphatic heterocycles. The van der Waals surface area contributed by atoms with Crippen molar-refractivity contribution in [1.29, 1.82) is 0 Å². The number of aliphatic hydroxyl groups is 1. The predicted molar refractivity (Wildman–Crippen MR) is 83.2 cm³/mol. The predicted octanol–water partition coefficient (Wildman–Crippen LogP) is 4.02. The summed E-state index contributed by atoms with van der Waals surface area (Å²) in [5, 5.41) is 22.1. The lowest BCUT2D eigenvalue weighted by molar-refractivity contribution is -0.124. The molecule has 2 rings (SSSR count). The van der Waals surface area contributed by atoms with E-state index in [0.29, 0.717) is 5.56 Å². The number of phenolic OH excluding ortho intramolecular Hbond substituents is 1. The molecule has 0 radical (unpaired) electrons. The van der Waals surface area contributed by atoms with Crippen molar-refractivity contribution in [3.63, 3.8) is 0 Å². The lowest BCUT2D eigenvalue weighted by atomic mass is 10.1. The van der Waals surface area contributed by atoms with Gasteiger partial charge in [0.1, 0.15) is 5.69 Å². The third-order valence-electron chi connectivity index (χ3n) is 2.76. The topological polar surface area (TPSA) is 69.6 Å². The van der Waals surface area contributed by atoms with Gasteiger partial charge >= 0.3 is 0 Å². The minimum atomic E-state index is -1.42. The van der Waals surface area contributed by atoms with Gasteiger partial charge in [-0.15, -0.1) is 0 Å². The van der Waals surface area contributed by atoms with Crippen LogP contribution in [-0.2, 0) is 4.79 Å². The van der Waals surface area contributed by atoms with Gasteiger partial charge in [0.2, 0.25) is 0 Å². The highest BCUT2D eigenvalue weighted by atomic mass is 35.5. The molecule has 4 nitrogen and oxygen atoms in total. The summed E-state index contributed by atoms with van der Waals surface area (Å²) in [4.78, 5) is 12.0. The molecule has 2 aromatic carbocycles. The average Bonchev–Trinajstić information content (AvgIpc) is 2.49. The van der Waals surface area contributed by atoms with E-state index >= 15 is 0 Å². The van der Waals surface area contributed by atoms with Gasteiger partial charge in [-0.1, -0.05) is 65.1 Å². The van der Waals surface area contributed by atoms with Crippen LogP contribution in [0.4, 0.5) is 5.69 Å². The van der Waals surface area contributed by atoms with Crippen LogP contribution in [0.2, 0.25) is 15.1 Å². The number of anilines is 1. The molecule has 110 valence electrons. The minimum Gasteiger partial charge on any atom is -0.504 e. The van der Waals surface area contributed by atoms with Crippen molar-refractivity contribution in [3.05, 3.63) is 57.0 Å². The van der Waals surface area contributed by atoms with Crippen molar-refractivity contribution >= 4 is 46.4 Å². The van der Waals surface area contributed by atoms with Crippen LogP contribution < -0.4 is 5.32 Å². The molecule has 0 fully saturated rings. The van der Waals surface area contributed by atoms with Gasteiger partial charge in [-0.3, -0.25) is 4.79 Å². The molecule has 0 heterocycles. The number of rotatable bonds is 3. The number of amides is 1. The molecule has 1 unspecified atom stereocenters. The van der Waals surface area contributed by atoms with Crippen LogP contribution in [0.1, 0.15) is 11.7 Å². The van der Waals surface area contributed by atoms with Gasteiger partial charge in [0.05, 0.1) is 15.1 Å². The number of hydrogen-bond donors (Lipinski definition) is 3. The Morgan fingerprint density at radius 3 is 2.33 bits per heavy atom. The third-order valence-corrected chi connectivity index (χ3v) is 3.83. The largest absolute Gasteiger partial charge is 0.504 e. The maximum absolute atomic E-state index is 12.0. The molecule has 21 heavy (non-hydrogen) atoms. The van der Waals surface area contributed by atoms with Crippen LogP contribution >= 0.6 is 34.8 Å². The summed E-state index contributed by atoms with van der Waals surface area (Å²) < 4.78 is 0. The maximum Gasteiger partial charge on any atom is 0.257 e. The summed E-state index contributed by atoms with van der Waals surface area (Å²) in [6.45, 7) is 0. The molecule has 0 spiro atoms. The molecular formula is C14H10Cl3NO3. The lowest BCUT2D eigenvalue weighted by Crippen LogP contribution is -2.21. The van der Waals surface area contributed by atoms with Crippen molar-refractivity contribution in [2.24, 2.45) is 0 Å². The molecule has 0 saturated carbocycles. The molecular weight excluding hydrogens is 337 g/mol. The Kier molecular flexibility index (Phi) is 4.96. The Morgan fingerprint density at radius 2 is 1.71 bits per heavy atom. The molecule has 1 amide bonds. The number of nitrogens with one attached hydrogen (secondary N) is 1. The van der Waals surface area contributed by atoms with E-state index in [1.54, 1.807) is 30.3 Å². The van der Waals surface area contributed by atoms with E-state index in [1.807, 2.05) is 0 Å². The van der Waals surface area contributed by atoms with Gasteiger partial charge in [0.15, 0.2) is 11.9 Å². The van der Waals surface area contributed by atoms with E-state index in [9.17, 15) is 15.0 Å². The molecule has 3 N–H and O–H groups in total. The molecule has 0 aliphatic rings. The Morgan fingerprint density at radius 1 is 1.10 bits per heavy atom. The number of hydrogen-bond acceptors (Lipinski definition) is 3. The Bertz CT molecular complexity index is 651. The van der Waals surface area contributed by atoms with Crippen LogP contribution in [0.5, 0.6) is 5.75 Å². The first-order chi connectivity index (χ1) is 9.91. The van der Waals surface area contributed by atoms with E-state index in [1.165, 1.54) is 6.07 Å². The van der Waals surface area contributed by atoms with Gasteiger partial charge in [-0.2, -0.15) is 0 Å². The van der Waals surface area contributed by atoms with E-state index in [0.717, 1.165) is 0 Å². The van der Waals surface area contributed by atoms with Gasteiger partial charge in [0.25, 0.3) is 5.91 Å². The summed E-state index contributed by atoms with van der Waals surface area (Å²) in [6, 6.07) is 9.57. The lowest BCUT2D eigenvalue weighted by Gasteiger charge is -2.15. The standard InChI is InChI=1S/C14H10Cl3NO3/c15-8-6-9(16)13(20)11(10(8)17)18-14(21)12(19)7-4-2-1-3-5-7/h1-6,12,19-20H,(H,18,21). The molecule has 0 aliphatic carbocycles. The fourth-order valence-corrected chi connectivity index (χ4v) is 2.33. The first-order valence-electron chi connectivity index (χ1n) is 5.82. The third kappa shape index (κ3) is 3.41. The molecule has 0 aromatic heterocycles. The second kappa shape index (κ2) is 6.54. The highest BCUT2D eigenvalue weighted by Gasteiger charge is 2.22. The van der Waals surface area contributed by atoms with Crippen LogP contribution in [0.3, 0.4) is 0 Å². The Labute approximate surface area is 135 Å². The van der Waals surface area contributed by atoms with Crippen molar-refractivity contribution in [1.82, 2.24) is 0 Å². The van der Waals surface area contributed by atoms with E-state index in [-0.39, 0.29) is 20.8 Å². The second-order valence-corrected chi connectivity index (χ2v) is 5.37. The Hall–Kier alpha value is -1.46. The summed E-state index contributed by atoms with van der Waals surface area (Å²) in [5.41, 5.74) is 0.257. The summed E-state index contributed by atoms with van der Waals surface area (Å²) in [5.74, 6) is -1.18. The van der Waals surface area contributed by atoms with Crippen LogP contribution in [0.15, 0.2) is 36.4 Å². The van der Waals surface area contributed by atoms with E-state index < -0.39 is 17.8 Å². The van der Waals surface area contributed by atoms with E-state index in [4.69, 9.17) is 34.8 Å². The zero-order chi connectivity index (χ0) is 15.6. The van der Waals surface area contributed by atoms with Crippen molar-refractivity contribution in [2.45, 2.75) is 6.10 Å². The number of phenols is 1. The first kappa shape index (κ1) is 15.9. The zero-order valence-corrected chi connectivity index (χ0v) is 12.7. The number of carbonyl (C=O) groups is 1. The van der Waals surface area contributed by atoms with Gasteiger partial charge in [0, 0.05) is 0 Å². The van der Waals surface area contributed by atoms with Crippen molar-refractivity contribution < 1.29 is 15.0 Å².